The summed E-state index contributed by atoms with van der Waals surface area (Å²) in [4.78, 5) is 24.1. The van der Waals surface area contributed by atoms with E-state index in [1.165, 1.54) is 0 Å². The van der Waals surface area contributed by atoms with E-state index in [2.05, 4.69) is 17.4 Å². The van der Waals surface area contributed by atoms with Crippen molar-refractivity contribution in [2.24, 2.45) is 11.8 Å². The monoisotopic (exact) mass is 391 g/mol. The molecule has 0 N–H and O–H groups in total. The molecule has 1 aromatic rings. The Kier molecular flexibility index (Phi) is 10.3. The number of carbonyl (C=O) groups excluding carboxylic acids is 2. The zero-order valence-electron chi connectivity index (χ0n) is 16.8. The molecule has 29 heavy (non-hydrogen) atoms. The van der Waals surface area contributed by atoms with Gasteiger partial charge >= 0.3 is 11.9 Å². The summed E-state index contributed by atoms with van der Waals surface area (Å²) in [6.45, 7) is 7.22. The highest BCUT2D eigenvalue weighted by Gasteiger charge is 2.25. The fourth-order valence-electron chi connectivity index (χ4n) is 2.64. The molecule has 0 spiro atoms. The van der Waals surface area contributed by atoms with E-state index in [1.54, 1.807) is 31.2 Å². The molecule has 0 aliphatic carbocycles. The fraction of sp³-hybridized carbons (Fsp3) is 0.292. The number of rotatable bonds is 10. The molecule has 0 fully saturated rings. The van der Waals surface area contributed by atoms with E-state index >= 15 is 0 Å². The van der Waals surface area contributed by atoms with Crippen molar-refractivity contribution in [2.45, 2.75) is 33.1 Å². The number of hydrogen-bond acceptors (Lipinski definition) is 5. The Balaban J connectivity index is 2.82. The fourth-order valence-corrected chi connectivity index (χ4v) is 2.64. The summed E-state index contributed by atoms with van der Waals surface area (Å²) in [6.07, 6.45) is 15.1. The van der Waals surface area contributed by atoms with Crippen LogP contribution >= 0.6 is 0 Å². The van der Waals surface area contributed by atoms with Crippen LogP contribution in [0.2, 0.25) is 0 Å². The largest absolute Gasteiger partial charge is 0.426 e. The minimum atomic E-state index is -0.533. The standard InChI is InChI=1S/C24H25NO4/c1-5-10-20(11-8-9-16-25)21-12-14-22(15-13-21)29-24(27)19(6-2)17-18(4)23(26)28-7-3/h3,5,8,10-15,18-19H,1,6,9,17H2,2,4H3. The molecule has 0 saturated heterocycles. The van der Waals surface area contributed by atoms with Gasteiger partial charge in [-0.15, -0.1) is 0 Å². The molecule has 5 heteroatoms. The minimum Gasteiger partial charge on any atom is -0.426 e. The second-order valence-electron chi connectivity index (χ2n) is 6.35. The lowest BCUT2D eigenvalue weighted by Gasteiger charge is -2.17. The molecular formula is C24H25NO4. The van der Waals surface area contributed by atoms with Crippen molar-refractivity contribution in [1.82, 2.24) is 0 Å². The average Bonchev–Trinajstić information content (AvgIpc) is 2.72. The molecular weight excluding hydrogens is 366 g/mol. The SMILES string of the molecule is C#COC(=O)C(C)CC(CC)C(=O)Oc1ccc(C(C=CCC#N)=CC=C)cc1. The van der Waals surface area contributed by atoms with Gasteiger partial charge in [-0.25, -0.2) is 0 Å². The number of benzene rings is 1. The van der Waals surface area contributed by atoms with Crippen LogP contribution < -0.4 is 4.74 Å². The van der Waals surface area contributed by atoms with Gasteiger partial charge in [0.2, 0.25) is 0 Å². The lowest BCUT2D eigenvalue weighted by molar-refractivity contribution is -0.143. The number of terminal acetylenes is 1. The van der Waals surface area contributed by atoms with Crippen molar-refractivity contribution in [1.29, 1.82) is 5.26 Å². The predicted molar refractivity (Wildman–Crippen MR) is 112 cm³/mol. The number of allylic oxidation sites excluding steroid dienone is 5. The first kappa shape index (κ1) is 23.5. The van der Waals surface area contributed by atoms with Crippen LogP contribution in [-0.4, -0.2) is 11.9 Å². The molecule has 2 unspecified atom stereocenters. The molecule has 0 heterocycles. The van der Waals surface area contributed by atoms with Gasteiger partial charge in [-0.2, -0.15) is 5.26 Å². The van der Waals surface area contributed by atoms with Crippen molar-refractivity contribution < 1.29 is 19.1 Å². The third-order valence-electron chi connectivity index (χ3n) is 4.24. The van der Waals surface area contributed by atoms with Crippen LogP contribution in [0.5, 0.6) is 5.75 Å². The van der Waals surface area contributed by atoms with Gasteiger partial charge in [0.05, 0.1) is 24.3 Å². The number of nitriles is 1. The van der Waals surface area contributed by atoms with E-state index in [0.717, 1.165) is 11.1 Å². The lowest BCUT2D eigenvalue weighted by atomic mass is 9.94. The summed E-state index contributed by atoms with van der Waals surface area (Å²) >= 11 is 0. The van der Waals surface area contributed by atoms with Gasteiger partial charge in [0, 0.05) is 0 Å². The van der Waals surface area contributed by atoms with Crippen LogP contribution in [0, 0.1) is 35.7 Å². The number of hydrogen-bond donors (Lipinski definition) is 0. The highest BCUT2D eigenvalue weighted by molar-refractivity contribution is 5.78. The topological polar surface area (TPSA) is 76.4 Å². The summed E-state index contributed by atoms with van der Waals surface area (Å²) in [6, 6.07) is 9.10. The highest BCUT2D eigenvalue weighted by atomic mass is 16.5. The first-order valence-corrected chi connectivity index (χ1v) is 9.31. The van der Waals surface area contributed by atoms with Crippen LogP contribution in [0.1, 0.15) is 38.7 Å². The maximum Gasteiger partial charge on any atom is 0.322 e. The minimum absolute atomic E-state index is 0.295. The first-order chi connectivity index (χ1) is 14.0. The molecule has 2 atom stereocenters. The van der Waals surface area contributed by atoms with Crippen LogP contribution in [0.4, 0.5) is 0 Å². The summed E-state index contributed by atoms with van der Waals surface area (Å²) in [5.41, 5.74) is 1.79. The van der Waals surface area contributed by atoms with E-state index in [4.69, 9.17) is 16.4 Å². The molecule has 0 saturated carbocycles. The smallest absolute Gasteiger partial charge is 0.322 e. The van der Waals surface area contributed by atoms with Gasteiger partial charge in [0.1, 0.15) is 11.9 Å². The predicted octanol–water partition coefficient (Wildman–Crippen LogP) is 4.82. The average molecular weight is 391 g/mol. The molecule has 0 aliphatic heterocycles. The quantitative estimate of drug-likeness (QED) is 0.247. The summed E-state index contributed by atoms with van der Waals surface area (Å²) < 4.78 is 10.0. The Labute approximate surface area is 172 Å². The second-order valence-corrected chi connectivity index (χ2v) is 6.35. The van der Waals surface area contributed by atoms with Crippen LogP contribution in [-0.2, 0) is 14.3 Å². The number of ether oxygens (including phenoxy) is 2. The van der Waals surface area contributed by atoms with Crippen molar-refractivity contribution in [3.05, 3.63) is 60.7 Å². The maximum atomic E-state index is 12.5. The van der Waals surface area contributed by atoms with Gasteiger partial charge in [0.25, 0.3) is 0 Å². The Morgan fingerprint density at radius 2 is 1.97 bits per heavy atom. The Morgan fingerprint density at radius 1 is 1.28 bits per heavy atom. The van der Waals surface area contributed by atoms with Gasteiger partial charge in [0.15, 0.2) is 0 Å². The van der Waals surface area contributed by atoms with Gasteiger partial charge in [-0.3, -0.25) is 9.59 Å². The Bertz CT molecular complexity index is 850. The van der Waals surface area contributed by atoms with E-state index in [0.29, 0.717) is 25.0 Å². The molecule has 150 valence electrons. The number of esters is 2. The van der Waals surface area contributed by atoms with Crippen molar-refractivity contribution in [2.75, 3.05) is 0 Å². The molecule has 5 nitrogen and oxygen atoms in total. The Hall–Kier alpha value is -3.57. The molecule has 0 bridgehead atoms. The molecule has 1 aromatic carbocycles. The first-order valence-electron chi connectivity index (χ1n) is 9.31. The van der Waals surface area contributed by atoms with Gasteiger partial charge in [-0.1, -0.05) is 63.3 Å². The van der Waals surface area contributed by atoms with E-state index in [1.807, 2.05) is 37.3 Å². The van der Waals surface area contributed by atoms with E-state index in [9.17, 15) is 9.59 Å². The van der Waals surface area contributed by atoms with Gasteiger partial charge < -0.3 is 9.47 Å². The third kappa shape index (κ3) is 7.91. The molecule has 0 radical (unpaired) electrons. The van der Waals surface area contributed by atoms with Crippen LogP contribution in [0.15, 0.2) is 55.1 Å². The molecule has 0 aromatic heterocycles. The number of nitrogens with zero attached hydrogens (tertiary/aromatic N) is 1. The molecule has 0 aliphatic rings. The maximum absolute atomic E-state index is 12.5. The van der Waals surface area contributed by atoms with Crippen LogP contribution in [0.25, 0.3) is 5.57 Å². The van der Waals surface area contributed by atoms with E-state index < -0.39 is 23.8 Å². The van der Waals surface area contributed by atoms with Crippen molar-refractivity contribution in [3.8, 4) is 24.3 Å². The summed E-state index contributed by atoms with van der Waals surface area (Å²) in [7, 11) is 0. The van der Waals surface area contributed by atoms with E-state index in [-0.39, 0.29) is 0 Å². The normalized spacial score (nSPS) is 13.0. The van der Waals surface area contributed by atoms with Crippen molar-refractivity contribution in [3.63, 3.8) is 0 Å². The number of carbonyl (C=O) groups is 2. The molecule has 0 amide bonds. The lowest BCUT2D eigenvalue weighted by Crippen LogP contribution is -2.25. The Morgan fingerprint density at radius 3 is 2.52 bits per heavy atom. The summed E-state index contributed by atoms with van der Waals surface area (Å²) in [5, 5.41) is 8.65. The zero-order valence-corrected chi connectivity index (χ0v) is 16.8. The van der Waals surface area contributed by atoms with Gasteiger partial charge in [-0.05, 0) is 36.1 Å². The zero-order chi connectivity index (χ0) is 21.6. The second kappa shape index (κ2) is 12.8. The van der Waals surface area contributed by atoms with Crippen LogP contribution in [0.3, 0.4) is 0 Å². The van der Waals surface area contributed by atoms with Crippen molar-refractivity contribution >= 4 is 17.5 Å². The highest BCUT2D eigenvalue weighted by Crippen LogP contribution is 2.23. The third-order valence-corrected chi connectivity index (χ3v) is 4.24. The molecule has 1 rings (SSSR count). The summed E-state index contributed by atoms with van der Waals surface area (Å²) in [5.74, 6) is -1.47.